The fourth-order valence-corrected chi connectivity index (χ4v) is 9.45. The van der Waals surface area contributed by atoms with E-state index >= 15 is 0 Å². The number of aliphatic imine (C=N–C) groups is 1. The summed E-state index contributed by atoms with van der Waals surface area (Å²) in [6, 6.07) is 66.4. The molecule has 58 heavy (non-hydrogen) atoms. The Labute approximate surface area is 341 Å². The van der Waals surface area contributed by atoms with E-state index in [1.54, 1.807) is 11.8 Å². The van der Waals surface area contributed by atoms with Crippen molar-refractivity contribution < 1.29 is 0 Å². The van der Waals surface area contributed by atoms with Crippen molar-refractivity contribution in [2.45, 2.75) is 0 Å². The molecule has 8 aromatic carbocycles. The fourth-order valence-electron chi connectivity index (χ4n) is 8.35. The molecule has 10 aromatic rings. The topological polar surface area (TPSA) is 46.1 Å². The minimum Gasteiger partial charge on any atom is -0.344 e. The van der Waals surface area contributed by atoms with E-state index in [1.807, 2.05) is 54.6 Å². The number of hydrogen-bond donors (Lipinski definition) is 1. The molecular weight excluding hydrogens is 725 g/mol. The summed E-state index contributed by atoms with van der Waals surface area (Å²) in [5, 5.41) is 15.9. The Hall–Kier alpha value is -7.21. The van der Waals surface area contributed by atoms with Crippen molar-refractivity contribution in [1.29, 1.82) is 5.41 Å². The fraction of sp³-hybridized carbons (Fsp3) is 0.0189. The minimum atomic E-state index is 0.491. The van der Waals surface area contributed by atoms with Crippen LogP contribution in [-0.4, -0.2) is 21.6 Å². The first-order valence-corrected chi connectivity index (χ1v) is 20.2. The smallest absolute Gasteiger partial charge is 0.0855 e. The Kier molecular flexibility index (Phi) is 8.93. The quantitative estimate of drug-likeness (QED) is 0.174. The van der Waals surface area contributed by atoms with Gasteiger partial charge in [-0.25, -0.2) is 0 Å². The van der Waals surface area contributed by atoms with E-state index in [9.17, 15) is 0 Å². The van der Waals surface area contributed by atoms with Gasteiger partial charge in [-0.3, -0.25) is 10.4 Å². The highest BCUT2D eigenvalue weighted by molar-refractivity contribution is 8.13. The molecule has 3 heterocycles. The van der Waals surface area contributed by atoms with E-state index < -0.39 is 0 Å². The molecule has 1 aliphatic rings. The van der Waals surface area contributed by atoms with Gasteiger partial charge in [0.05, 0.1) is 27.3 Å². The van der Waals surface area contributed by atoms with Crippen molar-refractivity contribution in [3.63, 3.8) is 0 Å². The average Bonchev–Trinajstić information content (AvgIpc) is 3.94. The van der Waals surface area contributed by atoms with Crippen molar-refractivity contribution in [1.82, 2.24) is 9.13 Å². The largest absolute Gasteiger partial charge is 0.344 e. The molecule has 276 valence electrons. The molecule has 0 radical (unpaired) electrons. The molecule has 11 rings (SSSR count). The number of hydrogen-bond acceptors (Lipinski definition) is 3. The van der Waals surface area contributed by atoms with E-state index in [-0.39, 0.29) is 0 Å². The first-order chi connectivity index (χ1) is 28.6. The molecule has 1 N–H and O–H groups in total. The molecule has 0 bridgehead atoms. The Bertz CT molecular complexity index is 3280. The summed E-state index contributed by atoms with van der Waals surface area (Å²) in [4.78, 5) is 6.09. The number of rotatable bonds is 5. The molecule has 0 amide bonds. The second kappa shape index (κ2) is 14.7. The lowest BCUT2D eigenvalue weighted by Gasteiger charge is -2.10. The summed E-state index contributed by atoms with van der Waals surface area (Å²) in [5.41, 5.74) is 12.1. The predicted octanol–water partition coefficient (Wildman–Crippen LogP) is 14.1. The average molecular weight is 763 g/mol. The van der Waals surface area contributed by atoms with Crippen molar-refractivity contribution in [2.24, 2.45) is 12.0 Å². The minimum absolute atomic E-state index is 0.491. The zero-order valence-electron chi connectivity index (χ0n) is 31.9. The van der Waals surface area contributed by atoms with Gasteiger partial charge in [-0.2, -0.15) is 0 Å². The van der Waals surface area contributed by atoms with Crippen molar-refractivity contribution >= 4 is 89.2 Å². The lowest BCUT2D eigenvalue weighted by molar-refractivity contribution is 1.01. The Balaban J connectivity index is 0.000000165. The number of thioether (sulfide) groups is 1. The summed E-state index contributed by atoms with van der Waals surface area (Å²) in [6.45, 7) is 3.67. The Morgan fingerprint density at radius 3 is 1.84 bits per heavy atom. The van der Waals surface area contributed by atoms with Crippen LogP contribution in [0.25, 0.3) is 81.8 Å². The Morgan fingerprint density at radius 2 is 1.12 bits per heavy atom. The summed E-state index contributed by atoms with van der Waals surface area (Å²) >= 11 is 1.58. The summed E-state index contributed by atoms with van der Waals surface area (Å²) in [5.74, 6) is 0. The van der Waals surface area contributed by atoms with Crippen LogP contribution in [0.15, 0.2) is 204 Å². The van der Waals surface area contributed by atoms with Crippen LogP contribution in [0.4, 0.5) is 0 Å². The zero-order valence-corrected chi connectivity index (χ0v) is 32.7. The number of nitrogens with zero attached hydrogens (tertiary/aromatic N) is 3. The molecule has 2 aromatic heterocycles. The van der Waals surface area contributed by atoms with Crippen LogP contribution in [0, 0.1) is 5.41 Å². The second-order valence-electron chi connectivity index (χ2n) is 14.5. The van der Waals surface area contributed by atoms with E-state index in [1.165, 1.54) is 71.2 Å². The number of fused-ring (bicyclic) bond motifs is 8. The van der Waals surface area contributed by atoms with Crippen LogP contribution in [0.3, 0.4) is 0 Å². The highest BCUT2D eigenvalue weighted by Gasteiger charge is 2.22. The van der Waals surface area contributed by atoms with E-state index in [0.717, 1.165) is 26.6 Å². The molecule has 5 heteroatoms. The van der Waals surface area contributed by atoms with Gasteiger partial charge in [0, 0.05) is 61.2 Å². The highest BCUT2D eigenvalue weighted by Crippen LogP contribution is 2.44. The number of aryl methyl sites for hydroxylation is 1. The number of allylic oxidation sites excluding steroid dienone is 2. The summed E-state index contributed by atoms with van der Waals surface area (Å²) in [7, 11) is 2.15. The molecule has 0 aliphatic carbocycles. The molecule has 0 fully saturated rings. The van der Waals surface area contributed by atoms with Crippen LogP contribution >= 0.6 is 11.8 Å². The third-order valence-corrected chi connectivity index (χ3v) is 12.3. The molecule has 0 saturated carbocycles. The van der Waals surface area contributed by atoms with Crippen LogP contribution in [-0.2, 0) is 7.05 Å². The lowest BCUT2D eigenvalue weighted by atomic mass is 10.00. The lowest BCUT2D eigenvalue weighted by Crippen LogP contribution is -1.93. The SMILES string of the molecule is C=N/C(=C1/SC(c2ccccc2)=CC1=N)c1ccccc1.Cn1c2ccccc2c2cc(-c3ccc4c(c3)c3ccc5ccccc5c3n4-c3ccccc3)ccc21. The third-order valence-electron chi connectivity index (χ3n) is 11.1. The number of para-hydroxylation sites is 2. The molecule has 0 unspecified atom stereocenters. The molecular formula is C53H38N4S. The first-order valence-electron chi connectivity index (χ1n) is 19.4. The number of aromatic nitrogens is 2. The van der Waals surface area contributed by atoms with Gasteiger partial charge < -0.3 is 9.13 Å². The Morgan fingerprint density at radius 1 is 0.534 bits per heavy atom. The standard InChI is InChI=1S/C35H24N2.C18H14N2S/c1-36-32-14-8-7-13-28(32)30-21-24(16-19-33(30)36)25-17-20-34-31(22-25)29-18-15-23-9-5-6-12-27(23)35(29)37(34)26-10-3-2-4-11-26;1-20-17(14-10-6-3-7-11-14)18-15(19)12-16(21-18)13-8-4-2-5-9-13/h2-22H,1H3;2-12,19H,1H2/b;18-17+,19-15?. The molecule has 0 spiro atoms. The van der Waals surface area contributed by atoms with Crippen LogP contribution < -0.4 is 0 Å². The van der Waals surface area contributed by atoms with Crippen LogP contribution in [0.5, 0.6) is 0 Å². The maximum Gasteiger partial charge on any atom is 0.0855 e. The van der Waals surface area contributed by atoms with E-state index in [4.69, 9.17) is 5.41 Å². The second-order valence-corrected chi connectivity index (χ2v) is 15.5. The van der Waals surface area contributed by atoms with E-state index in [2.05, 4.69) is 167 Å². The van der Waals surface area contributed by atoms with Gasteiger partial charge in [0.1, 0.15) is 0 Å². The van der Waals surface area contributed by atoms with E-state index in [0.29, 0.717) is 5.71 Å². The van der Waals surface area contributed by atoms with Crippen LogP contribution in [0.2, 0.25) is 0 Å². The predicted molar refractivity (Wildman–Crippen MR) is 250 cm³/mol. The van der Waals surface area contributed by atoms with Crippen molar-refractivity contribution in [3.8, 4) is 16.8 Å². The van der Waals surface area contributed by atoms with Crippen molar-refractivity contribution in [2.75, 3.05) is 0 Å². The normalized spacial score (nSPS) is 13.6. The van der Waals surface area contributed by atoms with Gasteiger partial charge in [-0.1, -0.05) is 157 Å². The molecule has 4 nitrogen and oxygen atoms in total. The zero-order chi connectivity index (χ0) is 39.2. The first kappa shape index (κ1) is 35.2. The molecule has 0 saturated heterocycles. The van der Waals surface area contributed by atoms with Crippen molar-refractivity contribution in [3.05, 3.63) is 210 Å². The number of nitrogens with one attached hydrogen (secondary N) is 1. The summed E-state index contributed by atoms with van der Waals surface area (Å²) in [6.07, 6.45) is 1.89. The summed E-state index contributed by atoms with van der Waals surface area (Å²) < 4.78 is 4.71. The van der Waals surface area contributed by atoms with Crippen LogP contribution in [0.1, 0.15) is 11.1 Å². The highest BCUT2D eigenvalue weighted by atomic mass is 32.2. The molecule has 1 aliphatic heterocycles. The van der Waals surface area contributed by atoms with Gasteiger partial charge in [-0.05, 0) is 77.3 Å². The third kappa shape index (κ3) is 6.04. The van der Waals surface area contributed by atoms with Gasteiger partial charge in [0.15, 0.2) is 0 Å². The van der Waals surface area contributed by atoms with Gasteiger partial charge in [0.2, 0.25) is 0 Å². The maximum atomic E-state index is 8.23. The van der Waals surface area contributed by atoms with Gasteiger partial charge in [-0.15, -0.1) is 0 Å². The van der Waals surface area contributed by atoms with Gasteiger partial charge >= 0.3 is 0 Å². The monoisotopic (exact) mass is 762 g/mol. The number of benzene rings is 8. The van der Waals surface area contributed by atoms with Gasteiger partial charge in [0.25, 0.3) is 0 Å². The molecule has 0 atom stereocenters. The maximum absolute atomic E-state index is 8.23.